The van der Waals surface area contributed by atoms with E-state index >= 15 is 0 Å². The zero-order chi connectivity index (χ0) is 12.0. The minimum absolute atomic E-state index is 0.129. The van der Waals surface area contributed by atoms with Crippen molar-refractivity contribution in [3.63, 3.8) is 0 Å². The van der Waals surface area contributed by atoms with Crippen LogP contribution in [0.1, 0.15) is 17.3 Å². The molecule has 1 aromatic rings. The molecule has 0 aliphatic rings. The summed E-state index contributed by atoms with van der Waals surface area (Å²) in [4.78, 5) is 11.5. The molecule has 0 spiro atoms. The van der Waals surface area contributed by atoms with Crippen molar-refractivity contribution in [1.82, 2.24) is 0 Å². The maximum absolute atomic E-state index is 11.5. The summed E-state index contributed by atoms with van der Waals surface area (Å²) in [7, 11) is 0. The lowest BCUT2D eigenvalue weighted by Crippen LogP contribution is -2.08. The minimum atomic E-state index is -0.511. The molecule has 5 heteroatoms. The minimum Gasteiger partial charge on any atom is -0.478 e. The molecule has 0 aliphatic heterocycles. The van der Waals surface area contributed by atoms with Gasteiger partial charge in [0.05, 0.1) is 6.61 Å². The van der Waals surface area contributed by atoms with Crippen LogP contribution < -0.4 is 10.5 Å². The van der Waals surface area contributed by atoms with Gasteiger partial charge >= 0.3 is 5.97 Å². The average Bonchev–Trinajstić information content (AvgIpc) is 2.27. The van der Waals surface area contributed by atoms with Gasteiger partial charge in [0.1, 0.15) is 17.4 Å². The molecule has 0 radical (unpaired) electrons. The average molecular weight is 220 g/mol. The van der Waals surface area contributed by atoms with Crippen LogP contribution in [0, 0.1) is 11.3 Å². The van der Waals surface area contributed by atoms with Gasteiger partial charge in [-0.15, -0.1) is 0 Å². The molecule has 0 aliphatic carbocycles. The van der Waals surface area contributed by atoms with Crippen molar-refractivity contribution >= 4 is 11.7 Å². The van der Waals surface area contributed by atoms with Crippen molar-refractivity contribution in [3.05, 3.63) is 23.8 Å². The van der Waals surface area contributed by atoms with E-state index in [1.54, 1.807) is 19.1 Å². The predicted octanol–water partition coefficient (Wildman–Crippen LogP) is 1.35. The van der Waals surface area contributed by atoms with Crippen LogP contribution in [0.25, 0.3) is 0 Å². The molecular formula is C11H12N2O3. The van der Waals surface area contributed by atoms with Crippen molar-refractivity contribution < 1.29 is 14.3 Å². The van der Waals surface area contributed by atoms with Gasteiger partial charge in [0.25, 0.3) is 0 Å². The summed E-state index contributed by atoms with van der Waals surface area (Å²) in [6.07, 6.45) is 0. The van der Waals surface area contributed by atoms with Gasteiger partial charge in [0, 0.05) is 5.69 Å². The third-order valence-electron chi connectivity index (χ3n) is 1.79. The fourth-order valence-corrected chi connectivity index (χ4v) is 1.15. The van der Waals surface area contributed by atoms with E-state index in [2.05, 4.69) is 0 Å². The number of benzene rings is 1. The van der Waals surface area contributed by atoms with E-state index in [0.29, 0.717) is 11.4 Å². The molecule has 0 amide bonds. The Morgan fingerprint density at radius 1 is 1.56 bits per heavy atom. The summed E-state index contributed by atoms with van der Waals surface area (Å²) in [5, 5.41) is 8.40. The van der Waals surface area contributed by atoms with Gasteiger partial charge < -0.3 is 15.2 Å². The number of hydrogen-bond donors (Lipinski definition) is 1. The third kappa shape index (κ3) is 2.89. The van der Waals surface area contributed by atoms with Crippen LogP contribution in [0.5, 0.6) is 5.75 Å². The standard InChI is InChI=1S/C11H12N2O3/c1-2-15-11(14)9-7-8(13)3-4-10(9)16-6-5-12/h3-4,7H,2,6,13H2,1H3. The number of carbonyl (C=O) groups excluding carboxylic acids is 1. The molecular weight excluding hydrogens is 208 g/mol. The number of nitrogens with zero attached hydrogens (tertiary/aromatic N) is 1. The molecule has 0 bridgehead atoms. The highest BCUT2D eigenvalue weighted by atomic mass is 16.5. The number of rotatable bonds is 4. The Balaban J connectivity index is 2.98. The van der Waals surface area contributed by atoms with Crippen molar-refractivity contribution in [2.75, 3.05) is 18.9 Å². The van der Waals surface area contributed by atoms with Gasteiger partial charge in [-0.25, -0.2) is 4.79 Å². The molecule has 0 saturated carbocycles. The zero-order valence-corrected chi connectivity index (χ0v) is 8.90. The monoisotopic (exact) mass is 220 g/mol. The number of nitrogen functional groups attached to an aromatic ring is 1. The summed E-state index contributed by atoms with van der Waals surface area (Å²) in [5.74, 6) is -0.211. The van der Waals surface area contributed by atoms with Crippen LogP contribution in [0.2, 0.25) is 0 Å². The Morgan fingerprint density at radius 2 is 2.31 bits per heavy atom. The first-order valence-electron chi connectivity index (χ1n) is 4.75. The Hall–Kier alpha value is -2.22. The molecule has 2 N–H and O–H groups in total. The van der Waals surface area contributed by atoms with Gasteiger partial charge in [-0.1, -0.05) is 0 Å². The first-order valence-corrected chi connectivity index (χ1v) is 4.75. The topological polar surface area (TPSA) is 85.3 Å². The van der Waals surface area contributed by atoms with E-state index in [9.17, 15) is 4.79 Å². The van der Waals surface area contributed by atoms with Crippen molar-refractivity contribution in [3.8, 4) is 11.8 Å². The number of ether oxygens (including phenoxy) is 2. The van der Waals surface area contributed by atoms with Crippen LogP contribution in [0.15, 0.2) is 18.2 Å². The lowest BCUT2D eigenvalue weighted by atomic mass is 10.2. The molecule has 1 rings (SSSR count). The zero-order valence-electron chi connectivity index (χ0n) is 8.90. The largest absolute Gasteiger partial charge is 0.478 e. The lowest BCUT2D eigenvalue weighted by molar-refractivity contribution is 0.0522. The summed E-state index contributed by atoms with van der Waals surface area (Å²) >= 11 is 0. The quantitative estimate of drug-likeness (QED) is 0.611. The van der Waals surface area contributed by atoms with Crippen molar-refractivity contribution in [1.29, 1.82) is 5.26 Å². The Bertz CT molecular complexity index is 424. The summed E-state index contributed by atoms with van der Waals surface area (Å²) in [5.41, 5.74) is 6.23. The first kappa shape index (κ1) is 11.9. The number of esters is 1. The number of carbonyl (C=O) groups is 1. The second kappa shape index (κ2) is 5.61. The molecule has 16 heavy (non-hydrogen) atoms. The second-order valence-electron chi connectivity index (χ2n) is 2.92. The molecule has 1 aromatic carbocycles. The second-order valence-corrected chi connectivity index (χ2v) is 2.92. The fraction of sp³-hybridized carbons (Fsp3) is 0.273. The van der Waals surface area contributed by atoms with Crippen LogP contribution >= 0.6 is 0 Å². The van der Waals surface area contributed by atoms with Crippen LogP contribution in [-0.4, -0.2) is 19.2 Å². The van der Waals surface area contributed by atoms with Gasteiger partial charge in [0.15, 0.2) is 6.61 Å². The molecule has 0 saturated heterocycles. The summed E-state index contributed by atoms with van der Waals surface area (Å²) in [6.45, 7) is 1.85. The van der Waals surface area contributed by atoms with E-state index in [4.69, 9.17) is 20.5 Å². The van der Waals surface area contributed by atoms with E-state index in [1.807, 2.05) is 6.07 Å². The molecule has 0 aromatic heterocycles. The van der Waals surface area contributed by atoms with Gasteiger partial charge in [0.2, 0.25) is 0 Å². The molecule has 84 valence electrons. The molecule has 5 nitrogen and oxygen atoms in total. The van der Waals surface area contributed by atoms with Gasteiger partial charge in [-0.05, 0) is 25.1 Å². The number of nitrogens with two attached hydrogens (primary N) is 1. The molecule has 0 unspecified atom stereocenters. The normalized spacial score (nSPS) is 9.25. The molecule has 0 atom stereocenters. The molecule has 0 fully saturated rings. The SMILES string of the molecule is CCOC(=O)c1cc(N)ccc1OCC#N. The van der Waals surface area contributed by atoms with Gasteiger partial charge in [-0.2, -0.15) is 5.26 Å². The summed E-state index contributed by atoms with van der Waals surface area (Å²) < 4.78 is 9.94. The van der Waals surface area contributed by atoms with E-state index < -0.39 is 5.97 Å². The maximum Gasteiger partial charge on any atom is 0.341 e. The Kier molecular flexibility index (Phi) is 4.16. The lowest BCUT2D eigenvalue weighted by Gasteiger charge is -2.09. The smallest absolute Gasteiger partial charge is 0.341 e. The Morgan fingerprint density at radius 3 is 2.94 bits per heavy atom. The van der Waals surface area contributed by atoms with Crippen LogP contribution in [0.4, 0.5) is 5.69 Å². The van der Waals surface area contributed by atoms with Crippen LogP contribution in [0.3, 0.4) is 0 Å². The predicted molar refractivity (Wildman–Crippen MR) is 57.9 cm³/mol. The molecule has 0 heterocycles. The van der Waals surface area contributed by atoms with E-state index in [-0.39, 0.29) is 18.8 Å². The highest BCUT2D eigenvalue weighted by Crippen LogP contribution is 2.22. The number of hydrogen-bond acceptors (Lipinski definition) is 5. The van der Waals surface area contributed by atoms with Crippen molar-refractivity contribution in [2.45, 2.75) is 6.92 Å². The highest BCUT2D eigenvalue weighted by molar-refractivity contribution is 5.93. The van der Waals surface area contributed by atoms with E-state index in [0.717, 1.165) is 0 Å². The maximum atomic E-state index is 11.5. The van der Waals surface area contributed by atoms with Crippen LogP contribution in [-0.2, 0) is 4.74 Å². The fourth-order valence-electron chi connectivity index (χ4n) is 1.15. The Labute approximate surface area is 93.4 Å². The summed E-state index contributed by atoms with van der Waals surface area (Å²) in [6, 6.07) is 6.42. The van der Waals surface area contributed by atoms with E-state index in [1.165, 1.54) is 6.07 Å². The van der Waals surface area contributed by atoms with Crippen molar-refractivity contribution in [2.24, 2.45) is 0 Å². The number of nitriles is 1. The highest BCUT2D eigenvalue weighted by Gasteiger charge is 2.14. The van der Waals surface area contributed by atoms with Gasteiger partial charge in [-0.3, -0.25) is 0 Å². The number of anilines is 1. The third-order valence-corrected chi connectivity index (χ3v) is 1.79. The first-order chi connectivity index (χ1) is 7.69.